The van der Waals surface area contributed by atoms with Crippen LogP contribution in [0.4, 0.5) is 5.69 Å². The summed E-state index contributed by atoms with van der Waals surface area (Å²) in [6.45, 7) is 2.04. The number of nitrogens with one attached hydrogen (secondary N) is 1. The zero-order valence-electron chi connectivity index (χ0n) is 18.7. The number of fused-ring (bicyclic) bond motifs is 1. The molecule has 34 heavy (non-hydrogen) atoms. The molecule has 7 nitrogen and oxygen atoms in total. The van der Waals surface area contributed by atoms with Crippen molar-refractivity contribution in [3.8, 4) is 28.5 Å². The van der Waals surface area contributed by atoms with Crippen LogP contribution >= 0.6 is 0 Å². The first-order chi connectivity index (χ1) is 16.6. The van der Waals surface area contributed by atoms with E-state index in [2.05, 4.69) is 10.3 Å². The van der Waals surface area contributed by atoms with Crippen molar-refractivity contribution in [2.45, 2.75) is 6.92 Å². The number of aryl methyl sites for hydroxylation is 1. The zero-order valence-corrected chi connectivity index (χ0v) is 18.7. The van der Waals surface area contributed by atoms with Gasteiger partial charge in [0.1, 0.15) is 22.9 Å². The van der Waals surface area contributed by atoms with E-state index in [0.717, 1.165) is 22.5 Å². The van der Waals surface area contributed by atoms with Crippen LogP contribution in [0.5, 0.6) is 17.2 Å². The molecule has 168 valence electrons. The van der Waals surface area contributed by atoms with E-state index in [4.69, 9.17) is 14.5 Å². The van der Waals surface area contributed by atoms with Crippen molar-refractivity contribution in [3.05, 3.63) is 103 Å². The van der Waals surface area contributed by atoms with E-state index < -0.39 is 0 Å². The molecule has 0 saturated heterocycles. The summed E-state index contributed by atoms with van der Waals surface area (Å²) >= 11 is 0. The van der Waals surface area contributed by atoms with Gasteiger partial charge in [-0.2, -0.15) is 0 Å². The molecule has 1 N–H and O–H groups in total. The molecule has 0 saturated carbocycles. The minimum atomic E-state index is -0.289. The van der Waals surface area contributed by atoms with Gasteiger partial charge in [0, 0.05) is 42.1 Å². The molecule has 0 bridgehead atoms. The maximum atomic E-state index is 13.1. The van der Waals surface area contributed by atoms with E-state index in [9.17, 15) is 4.79 Å². The lowest BCUT2D eigenvalue weighted by atomic mass is 10.1. The molecule has 0 aliphatic carbocycles. The number of aromatic nitrogens is 3. The summed E-state index contributed by atoms with van der Waals surface area (Å²) < 4.78 is 13.2. The van der Waals surface area contributed by atoms with Crippen molar-refractivity contribution in [3.63, 3.8) is 0 Å². The number of hydrogen-bond donors (Lipinski definition) is 1. The highest BCUT2D eigenvalue weighted by Crippen LogP contribution is 2.30. The zero-order chi connectivity index (χ0) is 23.5. The first-order valence-electron chi connectivity index (χ1n) is 10.7. The lowest BCUT2D eigenvalue weighted by Crippen LogP contribution is -2.13. The number of nitrogens with zero attached hydrogens (tertiary/aromatic N) is 3. The summed E-state index contributed by atoms with van der Waals surface area (Å²) in [4.78, 5) is 21.8. The van der Waals surface area contributed by atoms with E-state index in [1.54, 1.807) is 49.8 Å². The SMILES string of the molecule is COc1ccc(C(=O)Nc2ccc(-c3cn4cccc(C)c4n3)cc2)c(Oc2ccncc2)c1. The van der Waals surface area contributed by atoms with Crippen LogP contribution < -0.4 is 14.8 Å². The summed E-state index contributed by atoms with van der Waals surface area (Å²) in [5, 5.41) is 2.94. The van der Waals surface area contributed by atoms with Crippen LogP contribution in [0.3, 0.4) is 0 Å². The molecule has 2 aromatic carbocycles. The van der Waals surface area contributed by atoms with Gasteiger partial charge >= 0.3 is 0 Å². The fourth-order valence-electron chi connectivity index (χ4n) is 3.65. The number of benzene rings is 2. The van der Waals surface area contributed by atoms with E-state index >= 15 is 0 Å². The van der Waals surface area contributed by atoms with Gasteiger partial charge in [-0.3, -0.25) is 9.78 Å². The number of imidazole rings is 1. The topological polar surface area (TPSA) is 77.8 Å². The van der Waals surface area contributed by atoms with Gasteiger partial charge in [-0.05, 0) is 55.0 Å². The Morgan fingerprint density at radius 3 is 2.50 bits per heavy atom. The fourth-order valence-corrected chi connectivity index (χ4v) is 3.65. The molecule has 0 unspecified atom stereocenters. The second-order valence-electron chi connectivity index (χ2n) is 7.73. The molecule has 0 radical (unpaired) electrons. The van der Waals surface area contributed by atoms with Crippen molar-refractivity contribution in [1.82, 2.24) is 14.4 Å². The summed E-state index contributed by atoms with van der Waals surface area (Å²) in [5.74, 6) is 1.26. The van der Waals surface area contributed by atoms with Crippen LogP contribution in [0.2, 0.25) is 0 Å². The number of pyridine rings is 2. The number of anilines is 1. The largest absolute Gasteiger partial charge is 0.497 e. The Balaban J connectivity index is 1.37. The first-order valence-corrected chi connectivity index (χ1v) is 10.7. The molecule has 0 fully saturated rings. The van der Waals surface area contributed by atoms with Crippen LogP contribution in [-0.2, 0) is 0 Å². The van der Waals surface area contributed by atoms with Gasteiger partial charge in [0.15, 0.2) is 0 Å². The molecule has 3 heterocycles. The molecular formula is C27H22N4O3. The van der Waals surface area contributed by atoms with E-state index in [1.807, 2.05) is 60.1 Å². The first kappa shape index (κ1) is 21.2. The van der Waals surface area contributed by atoms with Crippen molar-refractivity contribution < 1.29 is 14.3 Å². The Labute approximate surface area is 196 Å². The number of rotatable bonds is 6. The van der Waals surface area contributed by atoms with Crippen molar-refractivity contribution in [1.29, 1.82) is 0 Å². The lowest BCUT2D eigenvalue weighted by molar-refractivity contribution is 0.102. The smallest absolute Gasteiger partial charge is 0.259 e. The van der Waals surface area contributed by atoms with Crippen molar-refractivity contribution in [2.75, 3.05) is 12.4 Å². The second kappa shape index (κ2) is 9.07. The maximum Gasteiger partial charge on any atom is 0.259 e. The molecular weight excluding hydrogens is 428 g/mol. The van der Waals surface area contributed by atoms with Crippen LogP contribution in [0, 0.1) is 6.92 Å². The van der Waals surface area contributed by atoms with Gasteiger partial charge in [0.05, 0.1) is 18.4 Å². The van der Waals surface area contributed by atoms with Crippen LogP contribution in [0.25, 0.3) is 16.9 Å². The Bertz CT molecular complexity index is 1460. The molecule has 5 rings (SSSR count). The quantitative estimate of drug-likeness (QED) is 0.356. The standard InChI is InChI=1S/C27H22N4O3/c1-18-4-3-15-31-17-24(30-26(18)31)19-5-7-20(8-6-19)29-27(32)23-10-9-22(33-2)16-25(23)34-21-11-13-28-14-12-21/h3-17H,1-2H3,(H,29,32). The van der Waals surface area contributed by atoms with Gasteiger partial charge in [0.25, 0.3) is 5.91 Å². The predicted octanol–water partition coefficient (Wildman–Crippen LogP) is 5.76. The molecule has 1 amide bonds. The summed E-state index contributed by atoms with van der Waals surface area (Å²) in [6, 6.07) is 20.2. The van der Waals surface area contributed by atoms with Crippen LogP contribution in [-0.4, -0.2) is 27.4 Å². The molecule has 0 atom stereocenters. The molecule has 0 spiro atoms. The maximum absolute atomic E-state index is 13.1. The minimum absolute atomic E-state index is 0.289. The highest BCUT2D eigenvalue weighted by Gasteiger charge is 2.15. The predicted molar refractivity (Wildman–Crippen MR) is 131 cm³/mol. The third kappa shape index (κ3) is 4.31. The van der Waals surface area contributed by atoms with Crippen LogP contribution in [0.15, 0.2) is 91.5 Å². The van der Waals surface area contributed by atoms with Gasteiger partial charge < -0.3 is 19.2 Å². The van der Waals surface area contributed by atoms with Crippen molar-refractivity contribution >= 4 is 17.2 Å². The third-order valence-corrected chi connectivity index (χ3v) is 5.43. The summed E-state index contributed by atoms with van der Waals surface area (Å²) in [7, 11) is 1.57. The number of hydrogen-bond acceptors (Lipinski definition) is 5. The number of methoxy groups -OCH3 is 1. The van der Waals surface area contributed by atoms with Gasteiger partial charge in [-0.1, -0.05) is 18.2 Å². The van der Waals surface area contributed by atoms with E-state index in [1.165, 1.54) is 0 Å². The normalized spacial score (nSPS) is 10.8. The Morgan fingerprint density at radius 1 is 0.971 bits per heavy atom. The highest BCUT2D eigenvalue weighted by atomic mass is 16.5. The highest BCUT2D eigenvalue weighted by molar-refractivity contribution is 6.06. The molecule has 3 aromatic heterocycles. The average molecular weight is 450 g/mol. The lowest BCUT2D eigenvalue weighted by Gasteiger charge is -2.13. The number of ether oxygens (including phenoxy) is 2. The molecule has 5 aromatic rings. The number of carbonyl (C=O) groups is 1. The third-order valence-electron chi connectivity index (χ3n) is 5.43. The molecule has 0 aliphatic rings. The molecule has 0 aliphatic heterocycles. The Morgan fingerprint density at radius 2 is 1.76 bits per heavy atom. The molecule has 7 heteroatoms. The van der Waals surface area contributed by atoms with E-state index in [-0.39, 0.29) is 5.91 Å². The number of carbonyl (C=O) groups excluding carboxylic acids is 1. The van der Waals surface area contributed by atoms with Gasteiger partial charge in [-0.15, -0.1) is 0 Å². The van der Waals surface area contributed by atoms with Gasteiger partial charge in [-0.25, -0.2) is 4.98 Å². The monoisotopic (exact) mass is 450 g/mol. The summed E-state index contributed by atoms with van der Waals surface area (Å²) in [5.41, 5.74) is 4.93. The average Bonchev–Trinajstić information content (AvgIpc) is 3.31. The van der Waals surface area contributed by atoms with E-state index in [0.29, 0.717) is 28.5 Å². The Kier molecular flexibility index (Phi) is 5.66. The fraction of sp³-hybridized carbons (Fsp3) is 0.0741. The second-order valence-corrected chi connectivity index (χ2v) is 7.73. The summed E-state index contributed by atoms with van der Waals surface area (Å²) in [6.07, 6.45) is 7.23. The minimum Gasteiger partial charge on any atom is -0.497 e. The Hall–Kier alpha value is -4.65. The van der Waals surface area contributed by atoms with Gasteiger partial charge in [0.2, 0.25) is 0 Å². The van der Waals surface area contributed by atoms with Crippen molar-refractivity contribution in [2.24, 2.45) is 0 Å². The number of amides is 1. The van der Waals surface area contributed by atoms with Crippen LogP contribution in [0.1, 0.15) is 15.9 Å².